The molecule has 160 valence electrons. The lowest BCUT2D eigenvalue weighted by atomic mass is 10.2. The molecule has 0 bridgehead atoms. The first-order valence-electron chi connectivity index (χ1n) is 9.73. The molecule has 3 rings (SSSR count). The number of hydrogen-bond donors (Lipinski definition) is 2. The summed E-state index contributed by atoms with van der Waals surface area (Å²) in [6.07, 6.45) is 0.254. The molecule has 2 N–H and O–H groups in total. The standard InChI is InChI=1S/C19H27N3O5S2/c1-3-26-17(27-4-2)8-9-20-18(23)13-6-5-7-14(10-13)21-19-22-15-11-29(24,25)12-16(15)28-19/h5-7,10,15-17H,3-4,8-9,11-12H2,1-2H3,(H,20,23)(H,21,22)/t15-,16-/m1/s1. The van der Waals surface area contributed by atoms with Gasteiger partial charge in [0.2, 0.25) is 0 Å². The van der Waals surface area contributed by atoms with Crippen molar-refractivity contribution in [2.75, 3.05) is 36.6 Å². The number of amides is 1. The first-order chi connectivity index (χ1) is 13.9. The summed E-state index contributed by atoms with van der Waals surface area (Å²) >= 11 is 1.45. The van der Waals surface area contributed by atoms with Crippen molar-refractivity contribution < 1.29 is 22.7 Å². The summed E-state index contributed by atoms with van der Waals surface area (Å²) in [6.45, 7) is 5.37. The summed E-state index contributed by atoms with van der Waals surface area (Å²) in [4.78, 5) is 16.9. The number of hydrogen-bond acceptors (Lipinski definition) is 8. The van der Waals surface area contributed by atoms with Crippen LogP contribution in [0.15, 0.2) is 29.3 Å². The van der Waals surface area contributed by atoms with Crippen molar-refractivity contribution >= 4 is 38.4 Å². The predicted molar refractivity (Wildman–Crippen MR) is 115 cm³/mol. The minimum atomic E-state index is -2.97. The molecule has 0 unspecified atom stereocenters. The molecule has 2 heterocycles. The summed E-state index contributed by atoms with van der Waals surface area (Å²) in [5.74, 6) is 0.108. The van der Waals surface area contributed by atoms with Crippen molar-refractivity contribution in [3.05, 3.63) is 29.8 Å². The quantitative estimate of drug-likeness (QED) is 0.564. The largest absolute Gasteiger partial charge is 0.353 e. The van der Waals surface area contributed by atoms with E-state index in [2.05, 4.69) is 15.6 Å². The minimum Gasteiger partial charge on any atom is -0.353 e. The zero-order chi connectivity index (χ0) is 20.9. The van der Waals surface area contributed by atoms with Gasteiger partial charge in [-0.05, 0) is 32.0 Å². The van der Waals surface area contributed by atoms with E-state index in [0.29, 0.717) is 36.9 Å². The van der Waals surface area contributed by atoms with Gasteiger partial charge in [-0.25, -0.2) is 8.42 Å². The average molecular weight is 442 g/mol. The van der Waals surface area contributed by atoms with Gasteiger partial charge >= 0.3 is 0 Å². The molecule has 29 heavy (non-hydrogen) atoms. The molecule has 2 aliphatic rings. The number of ether oxygens (including phenoxy) is 2. The zero-order valence-corrected chi connectivity index (χ0v) is 18.2. The lowest BCUT2D eigenvalue weighted by Crippen LogP contribution is -2.29. The fraction of sp³-hybridized carbons (Fsp3) is 0.579. The number of aliphatic imine (C=N–C) groups is 1. The number of rotatable bonds is 9. The molecule has 8 nitrogen and oxygen atoms in total. The van der Waals surface area contributed by atoms with Gasteiger partial charge < -0.3 is 20.1 Å². The molecular weight excluding hydrogens is 414 g/mol. The highest BCUT2D eigenvalue weighted by Crippen LogP contribution is 2.34. The predicted octanol–water partition coefficient (Wildman–Crippen LogP) is 1.89. The highest BCUT2D eigenvalue weighted by Gasteiger charge is 2.42. The topological polar surface area (TPSA) is 106 Å². The van der Waals surface area contributed by atoms with E-state index >= 15 is 0 Å². The third-order valence-electron chi connectivity index (χ3n) is 4.56. The monoisotopic (exact) mass is 441 g/mol. The number of sulfone groups is 1. The maximum atomic E-state index is 12.4. The Balaban J connectivity index is 1.52. The molecule has 0 spiro atoms. The van der Waals surface area contributed by atoms with Crippen LogP contribution in [-0.2, 0) is 19.3 Å². The van der Waals surface area contributed by atoms with E-state index in [1.807, 2.05) is 19.9 Å². The van der Waals surface area contributed by atoms with E-state index in [1.54, 1.807) is 18.2 Å². The number of anilines is 1. The van der Waals surface area contributed by atoms with Crippen molar-refractivity contribution in [1.29, 1.82) is 0 Å². The van der Waals surface area contributed by atoms with Crippen molar-refractivity contribution in [2.45, 2.75) is 37.9 Å². The van der Waals surface area contributed by atoms with Gasteiger partial charge in [-0.1, -0.05) is 17.8 Å². The molecule has 1 fully saturated rings. The van der Waals surface area contributed by atoms with Crippen LogP contribution < -0.4 is 10.6 Å². The highest BCUT2D eigenvalue weighted by molar-refractivity contribution is 8.15. The number of fused-ring (bicyclic) bond motifs is 1. The van der Waals surface area contributed by atoms with Crippen LogP contribution in [0.1, 0.15) is 30.6 Å². The first-order valence-corrected chi connectivity index (χ1v) is 12.4. The van der Waals surface area contributed by atoms with Crippen LogP contribution in [0, 0.1) is 0 Å². The molecule has 2 aliphatic heterocycles. The Morgan fingerprint density at radius 3 is 2.72 bits per heavy atom. The molecule has 1 aromatic rings. The Morgan fingerprint density at radius 1 is 1.28 bits per heavy atom. The molecule has 0 radical (unpaired) electrons. The molecular formula is C19H27N3O5S2. The Kier molecular flexibility index (Phi) is 7.55. The molecule has 0 aromatic heterocycles. The van der Waals surface area contributed by atoms with Gasteiger partial charge in [0.15, 0.2) is 21.3 Å². The molecule has 1 amide bonds. The van der Waals surface area contributed by atoms with Crippen molar-refractivity contribution in [2.24, 2.45) is 4.99 Å². The van der Waals surface area contributed by atoms with E-state index in [-0.39, 0.29) is 35.0 Å². The third kappa shape index (κ3) is 6.18. The molecule has 1 saturated heterocycles. The zero-order valence-electron chi connectivity index (χ0n) is 16.6. The van der Waals surface area contributed by atoms with Crippen LogP contribution in [0.4, 0.5) is 5.69 Å². The van der Waals surface area contributed by atoms with E-state index in [1.165, 1.54) is 11.8 Å². The van der Waals surface area contributed by atoms with Crippen LogP contribution in [0.3, 0.4) is 0 Å². The Bertz CT molecular complexity index is 853. The van der Waals surface area contributed by atoms with Crippen LogP contribution >= 0.6 is 11.8 Å². The minimum absolute atomic E-state index is 0.0161. The number of thioether (sulfide) groups is 1. The first kappa shape index (κ1) is 22.1. The number of nitrogens with one attached hydrogen (secondary N) is 2. The van der Waals surface area contributed by atoms with Gasteiger partial charge in [0.1, 0.15) is 0 Å². The second-order valence-corrected chi connectivity index (χ2v) is 10.2. The normalized spacial score (nSPS) is 22.4. The number of benzene rings is 1. The number of carbonyl (C=O) groups is 1. The Hall–Kier alpha value is -1.62. The average Bonchev–Trinajstić information content (AvgIpc) is 3.14. The van der Waals surface area contributed by atoms with Crippen molar-refractivity contribution in [3.8, 4) is 0 Å². The van der Waals surface area contributed by atoms with E-state index in [9.17, 15) is 13.2 Å². The molecule has 10 heteroatoms. The van der Waals surface area contributed by atoms with Crippen LogP contribution in [0.2, 0.25) is 0 Å². The Labute approximate surface area is 175 Å². The second-order valence-electron chi connectivity index (χ2n) is 6.83. The summed E-state index contributed by atoms with van der Waals surface area (Å²) in [6, 6.07) is 6.97. The van der Waals surface area contributed by atoms with Gasteiger partial charge in [-0.3, -0.25) is 9.79 Å². The lowest BCUT2D eigenvalue weighted by molar-refractivity contribution is -0.138. The van der Waals surface area contributed by atoms with Crippen LogP contribution in [0.25, 0.3) is 0 Å². The van der Waals surface area contributed by atoms with E-state index < -0.39 is 9.84 Å². The number of nitrogens with zero attached hydrogens (tertiary/aromatic N) is 1. The molecule has 0 aliphatic carbocycles. The highest BCUT2D eigenvalue weighted by atomic mass is 32.2. The number of carbonyl (C=O) groups excluding carboxylic acids is 1. The van der Waals surface area contributed by atoms with Crippen LogP contribution in [-0.4, -0.2) is 68.3 Å². The maximum absolute atomic E-state index is 12.4. The van der Waals surface area contributed by atoms with Gasteiger partial charge in [0.05, 0.1) is 17.5 Å². The van der Waals surface area contributed by atoms with Crippen molar-refractivity contribution in [3.63, 3.8) is 0 Å². The summed E-state index contributed by atoms with van der Waals surface area (Å²) < 4.78 is 34.3. The van der Waals surface area contributed by atoms with Gasteiger partial charge in [0, 0.05) is 42.7 Å². The third-order valence-corrected chi connectivity index (χ3v) is 7.71. The van der Waals surface area contributed by atoms with E-state index in [0.717, 1.165) is 5.69 Å². The summed E-state index contributed by atoms with van der Waals surface area (Å²) in [5.41, 5.74) is 1.28. The summed E-state index contributed by atoms with van der Waals surface area (Å²) in [7, 11) is -2.97. The Morgan fingerprint density at radius 2 is 2.03 bits per heavy atom. The van der Waals surface area contributed by atoms with Gasteiger partial charge in [0.25, 0.3) is 5.91 Å². The number of amidine groups is 1. The van der Waals surface area contributed by atoms with Crippen molar-refractivity contribution in [1.82, 2.24) is 5.32 Å². The fourth-order valence-corrected chi connectivity index (χ4v) is 6.95. The molecule has 2 atom stereocenters. The molecule has 1 aromatic carbocycles. The smallest absolute Gasteiger partial charge is 0.251 e. The lowest BCUT2D eigenvalue weighted by Gasteiger charge is -2.17. The maximum Gasteiger partial charge on any atom is 0.251 e. The second kappa shape index (κ2) is 9.92. The SMILES string of the molecule is CCOC(CCNC(=O)c1cccc(NC2=N[C@@H]3CS(=O)(=O)C[C@H]3S2)c1)OCC. The van der Waals surface area contributed by atoms with Crippen LogP contribution in [0.5, 0.6) is 0 Å². The summed E-state index contributed by atoms with van der Waals surface area (Å²) in [5, 5.41) is 6.76. The van der Waals surface area contributed by atoms with Gasteiger partial charge in [-0.2, -0.15) is 0 Å². The van der Waals surface area contributed by atoms with E-state index in [4.69, 9.17) is 9.47 Å². The van der Waals surface area contributed by atoms with Gasteiger partial charge in [-0.15, -0.1) is 0 Å². The fourth-order valence-electron chi connectivity index (χ4n) is 3.27. The molecule has 0 saturated carbocycles.